The highest BCUT2D eigenvalue weighted by Crippen LogP contribution is 2.41. The van der Waals surface area contributed by atoms with Crippen molar-refractivity contribution >= 4 is 17.5 Å². The quantitative estimate of drug-likeness (QED) is 0.614. The Bertz CT molecular complexity index is 1000. The number of carbonyl (C=O) groups excluding carboxylic acids is 1. The van der Waals surface area contributed by atoms with E-state index < -0.39 is 0 Å². The molecule has 31 heavy (non-hydrogen) atoms. The molecule has 2 N–H and O–H groups in total. The molecule has 0 unspecified atom stereocenters. The minimum atomic E-state index is -0.102. The molecule has 6 heteroatoms. The summed E-state index contributed by atoms with van der Waals surface area (Å²) >= 11 is 6.26. The van der Waals surface area contributed by atoms with Gasteiger partial charge in [0.05, 0.1) is 0 Å². The van der Waals surface area contributed by atoms with Crippen molar-refractivity contribution < 1.29 is 4.79 Å². The molecule has 1 heterocycles. The number of rotatable bonds is 6. The molecule has 1 saturated carbocycles. The van der Waals surface area contributed by atoms with Gasteiger partial charge in [-0.05, 0) is 61.1 Å². The summed E-state index contributed by atoms with van der Waals surface area (Å²) < 4.78 is 0. The first-order chi connectivity index (χ1) is 15.1. The van der Waals surface area contributed by atoms with Crippen molar-refractivity contribution in [2.75, 3.05) is 6.54 Å². The maximum atomic E-state index is 13.4. The van der Waals surface area contributed by atoms with Crippen molar-refractivity contribution in [3.63, 3.8) is 0 Å². The lowest BCUT2D eigenvalue weighted by Gasteiger charge is -2.43. The fourth-order valence-electron chi connectivity index (χ4n) is 4.61. The first kappa shape index (κ1) is 21.5. The molecule has 0 bridgehead atoms. The molecule has 1 amide bonds. The van der Waals surface area contributed by atoms with Gasteiger partial charge in [0.1, 0.15) is 0 Å². The highest BCUT2D eigenvalue weighted by molar-refractivity contribution is 6.30. The number of carbonyl (C=O) groups is 1. The fraction of sp³-hybridized carbons (Fsp3) is 0.320. The van der Waals surface area contributed by atoms with Gasteiger partial charge in [-0.25, -0.2) is 0 Å². The second kappa shape index (κ2) is 9.58. The maximum Gasteiger partial charge on any atom is 0.274 e. The average Bonchev–Trinajstić information content (AvgIpc) is 2.83. The zero-order valence-corrected chi connectivity index (χ0v) is 18.2. The molecule has 0 aliphatic heterocycles. The van der Waals surface area contributed by atoms with Gasteiger partial charge in [0.2, 0.25) is 0 Å². The van der Waals surface area contributed by atoms with Crippen LogP contribution >= 0.6 is 11.6 Å². The van der Waals surface area contributed by atoms with E-state index in [2.05, 4.69) is 28.4 Å². The van der Waals surface area contributed by atoms with Crippen LogP contribution < -0.4 is 5.73 Å². The molecule has 0 saturated heterocycles. The van der Waals surface area contributed by atoms with Gasteiger partial charge in [-0.1, -0.05) is 54.1 Å². The van der Waals surface area contributed by atoms with Gasteiger partial charge >= 0.3 is 0 Å². The smallest absolute Gasteiger partial charge is 0.274 e. The second-order valence-corrected chi connectivity index (χ2v) is 8.69. The fourth-order valence-corrected chi connectivity index (χ4v) is 4.80. The van der Waals surface area contributed by atoms with Gasteiger partial charge in [0.15, 0.2) is 5.69 Å². The van der Waals surface area contributed by atoms with Crippen molar-refractivity contribution in [2.24, 2.45) is 5.73 Å². The lowest BCUT2D eigenvalue weighted by Crippen LogP contribution is -2.47. The summed E-state index contributed by atoms with van der Waals surface area (Å²) in [7, 11) is 0. The molecule has 1 aliphatic carbocycles. The molecule has 2 aromatic carbocycles. The summed E-state index contributed by atoms with van der Waals surface area (Å²) in [6, 6.07) is 21.7. The van der Waals surface area contributed by atoms with Gasteiger partial charge in [-0.2, -0.15) is 5.10 Å². The first-order valence-corrected chi connectivity index (χ1v) is 11.1. The van der Waals surface area contributed by atoms with Gasteiger partial charge in [-0.3, -0.25) is 4.79 Å². The Hall–Kier alpha value is -2.76. The summed E-state index contributed by atoms with van der Waals surface area (Å²) in [5, 5.41) is 8.69. The van der Waals surface area contributed by atoms with Crippen LogP contribution in [-0.4, -0.2) is 33.6 Å². The van der Waals surface area contributed by atoms with E-state index in [9.17, 15) is 4.79 Å². The normalized spacial score (nSPS) is 20.9. The van der Waals surface area contributed by atoms with E-state index in [1.165, 1.54) is 5.56 Å². The highest BCUT2D eigenvalue weighted by atomic mass is 35.5. The van der Waals surface area contributed by atoms with Crippen LogP contribution in [0.1, 0.15) is 47.3 Å². The number of hydrogen-bond acceptors (Lipinski definition) is 4. The summed E-state index contributed by atoms with van der Waals surface area (Å²) in [4.78, 5) is 15.3. The Labute approximate surface area is 188 Å². The van der Waals surface area contributed by atoms with E-state index in [1.54, 1.807) is 18.3 Å². The Balaban J connectivity index is 1.57. The van der Waals surface area contributed by atoms with Crippen LogP contribution in [0.4, 0.5) is 0 Å². The topological polar surface area (TPSA) is 72.1 Å². The summed E-state index contributed by atoms with van der Waals surface area (Å²) in [5.74, 6) is -0.0787. The average molecular weight is 435 g/mol. The van der Waals surface area contributed by atoms with Crippen LogP contribution in [-0.2, 0) is 12.0 Å². The largest absolute Gasteiger partial charge is 0.330 e. The minimum absolute atomic E-state index is 0.0787. The van der Waals surface area contributed by atoms with Crippen LogP contribution in [0.5, 0.6) is 0 Å². The molecular formula is C25H27ClN4O. The Morgan fingerprint density at radius 1 is 1.06 bits per heavy atom. The van der Waals surface area contributed by atoms with E-state index in [0.717, 1.165) is 36.3 Å². The maximum absolute atomic E-state index is 13.4. The van der Waals surface area contributed by atoms with Crippen LogP contribution in [0, 0.1) is 0 Å². The standard InChI is InChI=1S/C25H27ClN4O/c26-21-9-4-8-20(16-21)25(18-27)13-11-22(12-14-25)30(17-19-6-2-1-3-7-19)24(31)23-10-5-15-28-29-23/h1-10,15-16,22H,11-14,17-18,27H2/t22-,25+. The third kappa shape index (κ3) is 4.78. The molecule has 0 atom stereocenters. The van der Waals surface area contributed by atoms with E-state index in [1.807, 2.05) is 41.3 Å². The lowest BCUT2D eigenvalue weighted by molar-refractivity contribution is 0.0565. The molecule has 1 aromatic heterocycles. The number of nitrogens with zero attached hydrogens (tertiary/aromatic N) is 3. The van der Waals surface area contributed by atoms with Gasteiger partial charge in [-0.15, -0.1) is 5.10 Å². The van der Waals surface area contributed by atoms with E-state index in [4.69, 9.17) is 17.3 Å². The zero-order chi connectivity index (χ0) is 21.7. The number of amides is 1. The summed E-state index contributed by atoms with van der Waals surface area (Å²) in [5.41, 5.74) is 8.84. The SMILES string of the molecule is NC[C@]1(c2cccc(Cl)c2)CC[C@@H](N(Cc2ccccc2)C(=O)c2cccnn2)CC1. The lowest BCUT2D eigenvalue weighted by atomic mass is 9.68. The Kier molecular flexibility index (Phi) is 6.64. The Morgan fingerprint density at radius 2 is 1.84 bits per heavy atom. The molecule has 1 aliphatic rings. The van der Waals surface area contributed by atoms with E-state index in [-0.39, 0.29) is 17.4 Å². The van der Waals surface area contributed by atoms with Crippen LogP contribution in [0.15, 0.2) is 72.9 Å². The number of nitrogens with two attached hydrogens (primary N) is 1. The monoisotopic (exact) mass is 434 g/mol. The van der Waals surface area contributed by atoms with E-state index in [0.29, 0.717) is 18.8 Å². The first-order valence-electron chi connectivity index (χ1n) is 10.7. The molecule has 3 aromatic rings. The van der Waals surface area contributed by atoms with Crippen LogP contribution in [0.2, 0.25) is 5.02 Å². The van der Waals surface area contributed by atoms with Gasteiger partial charge < -0.3 is 10.6 Å². The number of hydrogen-bond donors (Lipinski definition) is 1. The zero-order valence-electron chi connectivity index (χ0n) is 17.5. The molecule has 160 valence electrons. The van der Waals surface area contributed by atoms with Crippen molar-refractivity contribution in [3.05, 3.63) is 94.8 Å². The second-order valence-electron chi connectivity index (χ2n) is 8.25. The number of benzene rings is 2. The summed E-state index contributed by atoms with van der Waals surface area (Å²) in [6.45, 7) is 1.12. The molecule has 4 rings (SSSR count). The highest BCUT2D eigenvalue weighted by Gasteiger charge is 2.39. The number of aromatic nitrogens is 2. The molecule has 1 fully saturated rings. The Morgan fingerprint density at radius 3 is 2.48 bits per heavy atom. The van der Waals surface area contributed by atoms with Crippen molar-refractivity contribution in [3.8, 4) is 0 Å². The van der Waals surface area contributed by atoms with Crippen LogP contribution in [0.3, 0.4) is 0 Å². The third-order valence-electron chi connectivity index (χ3n) is 6.43. The minimum Gasteiger partial charge on any atom is -0.330 e. The molecule has 5 nitrogen and oxygen atoms in total. The van der Waals surface area contributed by atoms with Gasteiger partial charge in [0.25, 0.3) is 5.91 Å². The number of halogens is 1. The predicted octanol–water partition coefficient (Wildman–Crippen LogP) is 4.61. The van der Waals surface area contributed by atoms with Crippen molar-refractivity contribution in [2.45, 2.75) is 43.7 Å². The van der Waals surface area contributed by atoms with Crippen molar-refractivity contribution in [1.82, 2.24) is 15.1 Å². The third-order valence-corrected chi connectivity index (χ3v) is 6.66. The van der Waals surface area contributed by atoms with Gasteiger partial charge in [0, 0.05) is 35.8 Å². The van der Waals surface area contributed by atoms with Crippen molar-refractivity contribution in [1.29, 1.82) is 0 Å². The predicted molar refractivity (Wildman–Crippen MR) is 123 cm³/mol. The molecule has 0 radical (unpaired) electrons. The molecular weight excluding hydrogens is 408 g/mol. The van der Waals surface area contributed by atoms with E-state index >= 15 is 0 Å². The van der Waals surface area contributed by atoms with Crippen LogP contribution in [0.25, 0.3) is 0 Å². The molecule has 0 spiro atoms. The summed E-state index contributed by atoms with van der Waals surface area (Å²) in [6.07, 6.45) is 5.16.